The van der Waals surface area contributed by atoms with Crippen molar-refractivity contribution in [3.63, 3.8) is 0 Å². The van der Waals surface area contributed by atoms with Gasteiger partial charge in [-0.05, 0) is 120 Å². The Morgan fingerprint density at radius 3 is 1.79 bits per heavy atom. The first kappa shape index (κ1) is 77.0. The third-order valence-electron chi connectivity index (χ3n) is 20.2. The molecule has 3 saturated carbocycles. The zero-order valence-electron chi connectivity index (χ0n) is 57.1. The molecule has 0 aromatic heterocycles. The van der Waals surface area contributed by atoms with E-state index in [-0.39, 0.29) is 107 Å². The van der Waals surface area contributed by atoms with Crippen molar-refractivity contribution >= 4 is 76.6 Å². The SMILES string of the molecule is CC[C@H](C)[C@@H]1NC(=O)[C@H](CC(C)C)N(C)C(=O)C[C@@H](C)NC(=O)[C@H](CCC(C)C)N(C)C(=O)C2(CCCC2)NC(=O)[C@@H]2CCCN2C(=O)[C@H](CCC2CCC(C(F)(F)F)C(Cl)C2)NC(=O)CN(C)C(=O)[C@H](CC2CCCCC2)N(C)C(=O)CN(C)C(=O)CN(C)C1=O. The lowest BCUT2D eigenvalue weighted by molar-refractivity contribution is -0.182. The second kappa shape index (κ2) is 34.6. The lowest BCUT2D eigenvalue weighted by Gasteiger charge is -2.38. The monoisotopic (exact) mass is 1320 g/mol. The van der Waals surface area contributed by atoms with E-state index in [4.69, 9.17) is 11.6 Å². The normalized spacial score (nSPS) is 29.5. The van der Waals surface area contributed by atoms with Crippen LogP contribution in [0.5, 0.6) is 0 Å². The van der Waals surface area contributed by atoms with E-state index in [0.717, 1.165) is 37.0 Å². The number of carbonyl (C=O) groups excluding carboxylic acids is 11. The topological polar surface area (TPSA) is 259 Å². The summed E-state index contributed by atoms with van der Waals surface area (Å²) >= 11 is 6.37. The summed E-state index contributed by atoms with van der Waals surface area (Å²) in [6.45, 7) is 11.6. The average Bonchev–Trinajstić information content (AvgIpc) is 1.55. The summed E-state index contributed by atoms with van der Waals surface area (Å²) in [5.41, 5.74) is -1.47. The molecule has 3 aliphatic carbocycles. The van der Waals surface area contributed by atoms with Gasteiger partial charge in [0.05, 0.1) is 25.6 Å². The summed E-state index contributed by atoms with van der Waals surface area (Å²) in [6.07, 6.45) is 3.69. The van der Waals surface area contributed by atoms with Gasteiger partial charge in [0.15, 0.2) is 0 Å². The molecule has 5 rings (SSSR count). The van der Waals surface area contributed by atoms with E-state index in [2.05, 4.69) is 21.3 Å². The standard InChI is InChI=1S/C66H109ClF3N11O11/c1-14-42(6)57-63(91)77(10)38-55(84)75(8)39-56(85)79(12)52(36-44-21-16-15-17-22-44)62(90)76(9)37-53(82)72-48(28-26-45-25-27-46(47(67)35-45)66(68,69)70)61(89)81-32-20-23-50(81)60(88)74-65(30-18-19-31-65)64(92)80(13)49(29-24-40(2)3)58(86)71-43(7)34-54(83)78(11)51(33-41(4)5)59(87)73-57/h40-52,57H,14-39H2,1-13H3,(H,71,86)(H,72,82)(H,73,87)(H,74,88)/t42-,43+,45?,46?,47?,48-,49-,50-,51-,52-,57-/m0/s1. The maximum absolute atomic E-state index is 15.1. The Balaban J connectivity index is 1.54. The van der Waals surface area contributed by atoms with E-state index in [0.29, 0.717) is 32.1 Å². The molecular weight excluding hydrogens is 1220 g/mol. The molecule has 22 nitrogen and oxygen atoms in total. The minimum atomic E-state index is -4.49. The van der Waals surface area contributed by atoms with Gasteiger partial charge in [-0.15, -0.1) is 11.6 Å². The van der Waals surface area contributed by atoms with Crippen LogP contribution in [0.1, 0.15) is 190 Å². The molecule has 11 atom stereocenters. The van der Waals surface area contributed by atoms with Crippen LogP contribution in [0.15, 0.2) is 0 Å². The van der Waals surface area contributed by atoms with Crippen LogP contribution >= 0.6 is 11.6 Å². The fourth-order valence-electron chi connectivity index (χ4n) is 14.1. The van der Waals surface area contributed by atoms with Crippen molar-refractivity contribution in [2.75, 3.05) is 68.5 Å². The van der Waals surface area contributed by atoms with E-state index in [1.54, 1.807) is 13.8 Å². The molecule has 4 N–H and O–H groups in total. The maximum atomic E-state index is 15.1. The Morgan fingerprint density at radius 1 is 0.587 bits per heavy atom. The molecular formula is C66H109ClF3N11O11. The molecule has 11 amide bonds. The van der Waals surface area contributed by atoms with Gasteiger partial charge in [0.25, 0.3) is 0 Å². The second-order valence-electron chi connectivity index (χ2n) is 28.4. The highest BCUT2D eigenvalue weighted by molar-refractivity contribution is 6.20. The number of rotatable bonds is 12. The van der Waals surface area contributed by atoms with E-state index in [1.165, 1.54) is 71.7 Å². The Hall–Kier alpha value is -5.75. The van der Waals surface area contributed by atoms with Crippen LogP contribution < -0.4 is 21.3 Å². The van der Waals surface area contributed by atoms with Crippen molar-refractivity contribution in [2.45, 2.75) is 249 Å². The smallest absolute Gasteiger partial charge is 0.351 e. The molecule has 2 aliphatic heterocycles. The van der Waals surface area contributed by atoms with Crippen molar-refractivity contribution < 1.29 is 65.9 Å². The van der Waals surface area contributed by atoms with Gasteiger partial charge in [-0.3, -0.25) is 52.7 Å². The number of alkyl halides is 4. The summed E-state index contributed by atoms with van der Waals surface area (Å²) in [6, 6.07) is -7.53. The first-order chi connectivity index (χ1) is 43.1. The van der Waals surface area contributed by atoms with Gasteiger partial charge in [-0.25, -0.2) is 0 Å². The Morgan fingerprint density at radius 2 is 1.20 bits per heavy atom. The lowest BCUT2D eigenvalue weighted by Crippen LogP contribution is -2.64. The third-order valence-corrected chi connectivity index (χ3v) is 20.7. The third kappa shape index (κ3) is 20.9. The number of halogens is 4. The number of amides is 11. The van der Waals surface area contributed by atoms with Crippen molar-refractivity contribution in [1.29, 1.82) is 0 Å². The summed E-state index contributed by atoms with van der Waals surface area (Å²) in [4.78, 5) is 169. The minimum absolute atomic E-state index is 0.0152. The number of nitrogens with zero attached hydrogens (tertiary/aromatic N) is 7. The number of carbonyl (C=O) groups is 11. The summed E-state index contributed by atoms with van der Waals surface area (Å²) in [5.74, 6) is -8.92. The van der Waals surface area contributed by atoms with Crippen LogP contribution in [0.3, 0.4) is 0 Å². The fraction of sp³-hybridized carbons (Fsp3) is 0.833. The molecule has 2 heterocycles. The van der Waals surface area contributed by atoms with Crippen LogP contribution in [-0.2, 0) is 52.7 Å². The number of hydrogen-bond acceptors (Lipinski definition) is 11. The van der Waals surface area contributed by atoms with E-state index < -0.39 is 156 Å². The van der Waals surface area contributed by atoms with Gasteiger partial charge in [-0.2, -0.15) is 13.2 Å². The summed E-state index contributed by atoms with van der Waals surface area (Å²) in [5, 5.41) is 10.5. The predicted molar refractivity (Wildman–Crippen MR) is 343 cm³/mol. The largest absolute Gasteiger partial charge is 0.393 e. The van der Waals surface area contributed by atoms with Gasteiger partial charge in [0.1, 0.15) is 41.8 Å². The van der Waals surface area contributed by atoms with Crippen LogP contribution in [0.4, 0.5) is 13.2 Å². The Labute approximate surface area is 549 Å². The van der Waals surface area contributed by atoms with Crippen molar-refractivity contribution in [1.82, 2.24) is 55.6 Å². The van der Waals surface area contributed by atoms with E-state index >= 15 is 9.59 Å². The van der Waals surface area contributed by atoms with Gasteiger partial charge >= 0.3 is 6.18 Å². The summed E-state index contributed by atoms with van der Waals surface area (Å²) in [7, 11) is 8.67. The summed E-state index contributed by atoms with van der Waals surface area (Å²) < 4.78 is 41.8. The second-order valence-corrected chi connectivity index (χ2v) is 29.0. The molecule has 5 fully saturated rings. The molecule has 0 aromatic carbocycles. The van der Waals surface area contributed by atoms with Gasteiger partial charge in [-0.1, -0.05) is 92.9 Å². The highest BCUT2D eigenvalue weighted by Gasteiger charge is 2.50. The molecule has 0 aromatic rings. The molecule has 1 spiro atoms. The number of likely N-dealkylation sites (N-methyl/N-ethyl adjacent to an activating group) is 6. The van der Waals surface area contributed by atoms with E-state index in [1.807, 2.05) is 34.6 Å². The number of nitrogens with one attached hydrogen (secondary N) is 4. The molecule has 2 saturated heterocycles. The Bertz CT molecular complexity index is 2590. The molecule has 522 valence electrons. The van der Waals surface area contributed by atoms with Gasteiger partial charge < -0.3 is 55.6 Å². The molecule has 5 aliphatic rings. The van der Waals surface area contributed by atoms with Crippen LogP contribution in [-0.4, -0.2) is 227 Å². The highest BCUT2D eigenvalue weighted by atomic mass is 35.5. The molecule has 0 bridgehead atoms. The van der Waals surface area contributed by atoms with Gasteiger partial charge in [0.2, 0.25) is 65.0 Å². The predicted octanol–water partition coefficient (Wildman–Crippen LogP) is 6.01. The highest BCUT2D eigenvalue weighted by Crippen LogP contribution is 2.44. The van der Waals surface area contributed by atoms with Crippen LogP contribution in [0, 0.1) is 35.5 Å². The number of hydrogen-bond donors (Lipinski definition) is 4. The maximum Gasteiger partial charge on any atom is 0.393 e. The van der Waals surface area contributed by atoms with Crippen molar-refractivity contribution in [3.05, 3.63) is 0 Å². The Kier molecular flexibility index (Phi) is 28.9. The van der Waals surface area contributed by atoms with Crippen LogP contribution in [0.25, 0.3) is 0 Å². The molecule has 92 heavy (non-hydrogen) atoms. The molecule has 26 heteroatoms. The van der Waals surface area contributed by atoms with E-state index in [9.17, 15) is 56.3 Å². The quantitative estimate of drug-likeness (QED) is 0.165. The first-order valence-electron chi connectivity index (χ1n) is 33.9. The number of fused-ring (bicyclic) bond motifs is 1. The molecule has 0 radical (unpaired) electrons. The average molecular weight is 1330 g/mol. The lowest BCUT2D eigenvalue weighted by atomic mass is 9.78. The van der Waals surface area contributed by atoms with Crippen molar-refractivity contribution in [2.24, 2.45) is 35.5 Å². The zero-order chi connectivity index (χ0) is 68.7. The first-order valence-corrected chi connectivity index (χ1v) is 34.3. The molecule has 3 unspecified atom stereocenters. The fourth-order valence-corrected chi connectivity index (χ4v) is 14.6. The van der Waals surface area contributed by atoms with Gasteiger partial charge in [0, 0.05) is 66.7 Å². The van der Waals surface area contributed by atoms with Crippen molar-refractivity contribution in [3.8, 4) is 0 Å². The van der Waals surface area contributed by atoms with Crippen LogP contribution in [0.2, 0.25) is 0 Å². The minimum Gasteiger partial charge on any atom is -0.351 e. The zero-order valence-corrected chi connectivity index (χ0v) is 57.9.